The monoisotopic (exact) mass is 367 g/mol. The van der Waals surface area contributed by atoms with Crippen LogP contribution in [-0.4, -0.2) is 29.8 Å². The number of amides is 2. The molecule has 1 aliphatic heterocycles. The first-order chi connectivity index (χ1) is 12.8. The number of benzene rings is 2. The largest absolute Gasteiger partial charge is 0.352 e. The highest BCUT2D eigenvalue weighted by Crippen LogP contribution is 2.25. The molecule has 0 bridgehead atoms. The molecule has 1 unspecified atom stereocenters. The highest BCUT2D eigenvalue weighted by atomic mass is 16.6. The molecule has 0 aliphatic carbocycles. The SMILES string of the molecule is Cc1ccc(N2CC(CNC(=O)c3ccc(C)c([N+](=O)[O-])c3)CC2=O)cc1. The van der Waals surface area contributed by atoms with Gasteiger partial charge in [-0.3, -0.25) is 19.7 Å². The van der Waals surface area contributed by atoms with Crippen LogP contribution in [0.2, 0.25) is 0 Å². The molecule has 0 spiro atoms. The summed E-state index contributed by atoms with van der Waals surface area (Å²) in [7, 11) is 0. The Balaban J connectivity index is 1.61. The van der Waals surface area contributed by atoms with Crippen molar-refractivity contribution in [3.63, 3.8) is 0 Å². The van der Waals surface area contributed by atoms with Gasteiger partial charge in [-0.25, -0.2) is 0 Å². The van der Waals surface area contributed by atoms with Crippen molar-refractivity contribution >= 4 is 23.2 Å². The first-order valence-corrected chi connectivity index (χ1v) is 8.75. The van der Waals surface area contributed by atoms with Crippen molar-refractivity contribution in [1.29, 1.82) is 0 Å². The Hall–Kier alpha value is -3.22. The molecular weight excluding hydrogens is 346 g/mol. The minimum Gasteiger partial charge on any atom is -0.352 e. The average molecular weight is 367 g/mol. The third-order valence-corrected chi connectivity index (χ3v) is 4.77. The fourth-order valence-corrected chi connectivity index (χ4v) is 3.18. The van der Waals surface area contributed by atoms with Gasteiger partial charge >= 0.3 is 0 Å². The number of nitro groups is 1. The fraction of sp³-hybridized carbons (Fsp3) is 0.300. The molecule has 1 heterocycles. The van der Waals surface area contributed by atoms with Gasteiger partial charge in [0, 0.05) is 48.3 Å². The van der Waals surface area contributed by atoms with Gasteiger partial charge in [0.25, 0.3) is 11.6 Å². The third-order valence-electron chi connectivity index (χ3n) is 4.77. The molecule has 7 heteroatoms. The van der Waals surface area contributed by atoms with E-state index in [1.54, 1.807) is 24.0 Å². The van der Waals surface area contributed by atoms with Gasteiger partial charge in [0.1, 0.15) is 0 Å². The van der Waals surface area contributed by atoms with Crippen molar-refractivity contribution < 1.29 is 14.5 Å². The summed E-state index contributed by atoms with van der Waals surface area (Å²) in [6.07, 6.45) is 0.363. The maximum absolute atomic E-state index is 12.3. The predicted octanol–water partition coefficient (Wildman–Crippen LogP) is 2.99. The molecule has 1 fully saturated rings. The zero-order valence-corrected chi connectivity index (χ0v) is 15.3. The van der Waals surface area contributed by atoms with Crippen LogP contribution in [0.25, 0.3) is 0 Å². The topological polar surface area (TPSA) is 92.6 Å². The van der Waals surface area contributed by atoms with Crippen molar-refractivity contribution in [2.75, 3.05) is 18.0 Å². The summed E-state index contributed by atoms with van der Waals surface area (Å²) in [5.74, 6) is -0.341. The maximum atomic E-state index is 12.3. The number of aryl methyl sites for hydroxylation is 2. The van der Waals surface area contributed by atoms with Crippen molar-refractivity contribution in [1.82, 2.24) is 5.32 Å². The molecule has 0 saturated carbocycles. The summed E-state index contributed by atoms with van der Waals surface area (Å²) >= 11 is 0. The fourth-order valence-electron chi connectivity index (χ4n) is 3.18. The number of anilines is 1. The number of hydrogen-bond donors (Lipinski definition) is 1. The second-order valence-electron chi connectivity index (χ2n) is 6.88. The van der Waals surface area contributed by atoms with Crippen LogP contribution in [0, 0.1) is 29.9 Å². The molecule has 2 aromatic rings. The Bertz CT molecular complexity index is 893. The van der Waals surface area contributed by atoms with Crippen molar-refractivity contribution in [3.8, 4) is 0 Å². The lowest BCUT2D eigenvalue weighted by molar-refractivity contribution is -0.385. The molecule has 0 radical (unpaired) electrons. The van der Waals surface area contributed by atoms with E-state index in [9.17, 15) is 19.7 Å². The summed E-state index contributed by atoms with van der Waals surface area (Å²) < 4.78 is 0. The summed E-state index contributed by atoms with van der Waals surface area (Å²) in [6.45, 7) is 4.50. The van der Waals surface area contributed by atoms with Crippen LogP contribution >= 0.6 is 0 Å². The number of hydrogen-bond acceptors (Lipinski definition) is 4. The van der Waals surface area contributed by atoms with Crippen LogP contribution < -0.4 is 10.2 Å². The van der Waals surface area contributed by atoms with Gasteiger partial charge < -0.3 is 10.2 Å². The van der Waals surface area contributed by atoms with Crippen LogP contribution in [0.4, 0.5) is 11.4 Å². The molecule has 3 rings (SSSR count). The minimum atomic E-state index is -0.499. The van der Waals surface area contributed by atoms with Gasteiger partial charge in [0.05, 0.1) is 4.92 Å². The van der Waals surface area contributed by atoms with Gasteiger partial charge in [0.15, 0.2) is 0 Å². The molecule has 27 heavy (non-hydrogen) atoms. The average Bonchev–Trinajstić information content (AvgIpc) is 3.01. The molecule has 2 aromatic carbocycles. The number of nitrogens with zero attached hydrogens (tertiary/aromatic N) is 2. The summed E-state index contributed by atoms with van der Waals surface area (Å²) in [5.41, 5.74) is 2.65. The van der Waals surface area contributed by atoms with E-state index in [-0.39, 0.29) is 29.0 Å². The highest BCUT2D eigenvalue weighted by molar-refractivity contribution is 5.96. The maximum Gasteiger partial charge on any atom is 0.273 e. The zero-order chi connectivity index (χ0) is 19.6. The van der Waals surface area contributed by atoms with Crippen LogP contribution in [-0.2, 0) is 4.79 Å². The van der Waals surface area contributed by atoms with Crippen LogP contribution in [0.5, 0.6) is 0 Å². The van der Waals surface area contributed by atoms with E-state index in [1.807, 2.05) is 31.2 Å². The third kappa shape index (κ3) is 4.13. The van der Waals surface area contributed by atoms with Gasteiger partial charge in [0.2, 0.25) is 5.91 Å². The normalized spacial score (nSPS) is 16.4. The summed E-state index contributed by atoms with van der Waals surface area (Å²) in [5, 5.41) is 13.8. The van der Waals surface area contributed by atoms with E-state index >= 15 is 0 Å². The molecule has 0 aromatic heterocycles. The summed E-state index contributed by atoms with van der Waals surface area (Å²) in [6, 6.07) is 12.2. The first kappa shape index (κ1) is 18.6. The summed E-state index contributed by atoms with van der Waals surface area (Å²) in [4.78, 5) is 36.9. The van der Waals surface area contributed by atoms with Crippen LogP contribution in [0.15, 0.2) is 42.5 Å². The van der Waals surface area contributed by atoms with E-state index in [0.29, 0.717) is 25.1 Å². The molecule has 1 atom stereocenters. The molecule has 1 saturated heterocycles. The van der Waals surface area contributed by atoms with E-state index in [4.69, 9.17) is 0 Å². The number of carbonyl (C=O) groups excluding carboxylic acids is 2. The Kier molecular flexibility index (Phi) is 5.21. The number of rotatable bonds is 5. The van der Waals surface area contributed by atoms with E-state index in [2.05, 4.69) is 5.32 Å². The lowest BCUT2D eigenvalue weighted by atomic mass is 10.1. The van der Waals surface area contributed by atoms with Gasteiger partial charge in [-0.15, -0.1) is 0 Å². The Labute approximate surface area is 157 Å². The van der Waals surface area contributed by atoms with Crippen LogP contribution in [0.3, 0.4) is 0 Å². The highest BCUT2D eigenvalue weighted by Gasteiger charge is 2.30. The molecule has 1 N–H and O–H groups in total. The van der Waals surface area contributed by atoms with E-state index < -0.39 is 4.92 Å². The smallest absolute Gasteiger partial charge is 0.273 e. The molecular formula is C20H21N3O4. The Morgan fingerprint density at radius 1 is 1.22 bits per heavy atom. The number of nitro benzene ring substituents is 1. The van der Waals surface area contributed by atoms with E-state index in [1.165, 1.54) is 6.07 Å². The second kappa shape index (κ2) is 7.57. The zero-order valence-electron chi connectivity index (χ0n) is 15.3. The Morgan fingerprint density at radius 2 is 1.93 bits per heavy atom. The predicted molar refractivity (Wildman–Crippen MR) is 102 cm³/mol. The van der Waals surface area contributed by atoms with Gasteiger partial charge in [-0.05, 0) is 32.0 Å². The van der Waals surface area contributed by atoms with Gasteiger partial charge in [-0.1, -0.05) is 23.8 Å². The van der Waals surface area contributed by atoms with E-state index in [0.717, 1.165) is 11.3 Å². The van der Waals surface area contributed by atoms with Crippen molar-refractivity contribution in [3.05, 3.63) is 69.3 Å². The lowest BCUT2D eigenvalue weighted by Gasteiger charge is -2.17. The number of nitrogens with one attached hydrogen (secondary N) is 1. The molecule has 1 aliphatic rings. The second-order valence-corrected chi connectivity index (χ2v) is 6.88. The molecule has 140 valence electrons. The minimum absolute atomic E-state index is 0.00295. The van der Waals surface area contributed by atoms with Crippen LogP contribution in [0.1, 0.15) is 27.9 Å². The molecule has 7 nitrogen and oxygen atoms in total. The first-order valence-electron chi connectivity index (χ1n) is 8.75. The Morgan fingerprint density at radius 3 is 2.59 bits per heavy atom. The number of carbonyl (C=O) groups is 2. The molecule has 2 amide bonds. The van der Waals surface area contributed by atoms with Gasteiger partial charge in [-0.2, -0.15) is 0 Å². The van der Waals surface area contributed by atoms with Crippen molar-refractivity contribution in [2.24, 2.45) is 5.92 Å². The lowest BCUT2D eigenvalue weighted by Crippen LogP contribution is -2.31. The quantitative estimate of drug-likeness (QED) is 0.649. The van der Waals surface area contributed by atoms with Crippen molar-refractivity contribution in [2.45, 2.75) is 20.3 Å². The standard InChI is InChI=1S/C20H21N3O4/c1-13-3-7-17(8-4-13)22-12-15(9-19(22)24)11-21-20(25)16-6-5-14(2)18(10-16)23(26)27/h3-8,10,15H,9,11-12H2,1-2H3,(H,21,25).